The van der Waals surface area contributed by atoms with E-state index in [1.54, 1.807) is 0 Å². The first-order chi connectivity index (χ1) is 12.5. The lowest BCUT2D eigenvalue weighted by Crippen LogP contribution is -2.55. The van der Waals surface area contributed by atoms with Gasteiger partial charge in [0.25, 0.3) is 0 Å². The highest BCUT2D eigenvalue weighted by atomic mass is 35.5. The van der Waals surface area contributed by atoms with Crippen LogP contribution >= 0.6 is 11.6 Å². The largest absolute Gasteiger partial charge is 0.492 e. The number of carbonyl (C=O) groups is 2. The van der Waals surface area contributed by atoms with Gasteiger partial charge in [-0.1, -0.05) is 11.6 Å². The van der Waals surface area contributed by atoms with E-state index in [0.717, 1.165) is 38.5 Å². The van der Waals surface area contributed by atoms with Gasteiger partial charge in [0.15, 0.2) is 0 Å². The van der Waals surface area contributed by atoms with Crippen LogP contribution in [0.2, 0.25) is 5.02 Å². The molecule has 2 fully saturated rings. The molecule has 2 aliphatic rings. The number of imide groups is 1. The number of amides is 3. The zero-order valence-electron chi connectivity index (χ0n) is 15.0. The Balaban J connectivity index is 1.39. The molecule has 0 saturated carbocycles. The quantitative estimate of drug-likeness (QED) is 0.805. The van der Waals surface area contributed by atoms with Crippen molar-refractivity contribution in [3.8, 4) is 5.75 Å². The van der Waals surface area contributed by atoms with Crippen molar-refractivity contribution in [3.63, 3.8) is 0 Å². The maximum atomic E-state index is 12.5. The van der Waals surface area contributed by atoms with Crippen LogP contribution in [0.15, 0.2) is 24.3 Å². The SMILES string of the molecule is C[C@H](C(=O)N1CCNC1=O)N1CCN(CCOc2ccc(Cl)cc2)CC1. The zero-order chi connectivity index (χ0) is 18.5. The third-order valence-electron chi connectivity index (χ3n) is 4.92. The molecule has 1 aromatic rings. The zero-order valence-corrected chi connectivity index (χ0v) is 15.7. The van der Waals surface area contributed by atoms with E-state index in [9.17, 15) is 9.59 Å². The molecule has 0 aromatic heterocycles. The number of carbonyl (C=O) groups excluding carboxylic acids is 2. The summed E-state index contributed by atoms with van der Waals surface area (Å²) in [6.45, 7) is 7.72. The van der Waals surface area contributed by atoms with Crippen molar-refractivity contribution >= 4 is 23.5 Å². The molecule has 0 bridgehead atoms. The molecule has 0 aliphatic carbocycles. The lowest BCUT2D eigenvalue weighted by molar-refractivity contribution is -0.133. The molecule has 0 spiro atoms. The van der Waals surface area contributed by atoms with E-state index < -0.39 is 0 Å². The highest BCUT2D eigenvalue weighted by Crippen LogP contribution is 2.16. The van der Waals surface area contributed by atoms with E-state index in [4.69, 9.17) is 16.3 Å². The van der Waals surface area contributed by atoms with Gasteiger partial charge in [-0.25, -0.2) is 4.79 Å². The highest BCUT2D eigenvalue weighted by molar-refractivity contribution is 6.30. The molecule has 26 heavy (non-hydrogen) atoms. The molecule has 7 nitrogen and oxygen atoms in total. The molecule has 8 heteroatoms. The van der Waals surface area contributed by atoms with Crippen LogP contribution in [0.1, 0.15) is 6.92 Å². The Morgan fingerprint density at radius 2 is 1.88 bits per heavy atom. The lowest BCUT2D eigenvalue weighted by atomic mass is 10.2. The third-order valence-corrected chi connectivity index (χ3v) is 5.18. The minimum atomic E-state index is -0.278. The Morgan fingerprint density at radius 1 is 1.19 bits per heavy atom. The van der Waals surface area contributed by atoms with E-state index in [1.165, 1.54) is 4.90 Å². The fraction of sp³-hybridized carbons (Fsp3) is 0.556. The van der Waals surface area contributed by atoms with E-state index >= 15 is 0 Å². The van der Waals surface area contributed by atoms with Crippen molar-refractivity contribution in [2.45, 2.75) is 13.0 Å². The van der Waals surface area contributed by atoms with Crippen molar-refractivity contribution in [1.29, 1.82) is 0 Å². The summed E-state index contributed by atoms with van der Waals surface area (Å²) in [7, 11) is 0. The van der Waals surface area contributed by atoms with Crippen LogP contribution < -0.4 is 10.1 Å². The van der Waals surface area contributed by atoms with Crippen LogP contribution in [-0.2, 0) is 4.79 Å². The number of ether oxygens (including phenoxy) is 1. The second kappa shape index (κ2) is 8.70. The summed E-state index contributed by atoms with van der Waals surface area (Å²) >= 11 is 5.86. The molecule has 0 unspecified atom stereocenters. The van der Waals surface area contributed by atoms with Gasteiger partial charge >= 0.3 is 6.03 Å². The number of nitrogens with one attached hydrogen (secondary N) is 1. The molecule has 2 saturated heterocycles. The fourth-order valence-corrected chi connectivity index (χ4v) is 3.39. The van der Waals surface area contributed by atoms with E-state index in [1.807, 2.05) is 31.2 Å². The molecule has 1 aromatic carbocycles. The van der Waals surface area contributed by atoms with Gasteiger partial charge < -0.3 is 10.1 Å². The van der Waals surface area contributed by atoms with Crippen molar-refractivity contribution < 1.29 is 14.3 Å². The number of piperazine rings is 1. The predicted molar refractivity (Wildman–Crippen MR) is 99.5 cm³/mol. The van der Waals surface area contributed by atoms with E-state index in [-0.39, 0.29) is 18.0 Å². The van der Waals surface area contributed by atoms with Gasteiger partial charge in [0.05, 0.1) is 6.04 Å². The Hall–Kier alpha value is -1.83. The molecule has 2 aliphatic heterocycles. The van der Waals surface area contributed by atoms with E-state index in [2.05, 4.69) is 15.1 Å². The summed E-state index contributed by atoms with van der Waals surface area (Å²) < 4.78 is 5.74. The van der Waals surface area contributed by atoms with Gasteiger partial charge in [0.1, 0.15) is 12.4 Å². The lowest BCUT2D eigenvalue weighted by Gasteiger charge is -2.38. The van der Waals surface area contributed by atoms with Crippen molar-refractivity contribution in [1.82, 2.24) is 20.0 Å². The number of rotatable bonds is 6. The molecule has 0 radical (unpaired) electrons. The summed E-state index contributed by atoms with van der Waals surface area (Å²) in [5, 5.41) is 3.37. The van der Waals surface area contributed by atoms with Gasteiger partial charge in [0, 0.05) is 50.8 Å². The summed E-state index contributed by atoms with van der Waals surface area (Å²) in [6.07, 6.45) is 0. The van der Waals surface area contributed by atoms with Crippen molar-refractivity contribution in [2.24, 2.45) is 0 Å². The Labute approximate surface area is 158 Å². The number of hydrogen-bond acceptors (Lipinski definition) is 5. The first-order valence-corrected chi connectivity index (χ1v) is 9.36. The average Bonchev–Trinajstić information content (AvgIpc) is 3.09. The first-order valence-electron chi connectivity index (χ1n) is 8.98. The number of benzene rings is 1. The smallest absolute Gasteiger partial charge is 0.324 e. The topological polar surface area (TPSA) is 65.1 Å². The van der Waals surface area contributed by atoms with Crippen LogP contribution in [0.4, 0.5) is 4.79 Å². The number of urea groups is 1. The Kier molecular flexibility index (Phi) is 6.34. The summed E-state index contributed by atoms with van der Waals surface area (Å²) in [5.74, 6) is 0.704. The summed E-state index contributed by atoms with van der Waals surface area (Å²) in [4.78, 5) is 29.9. The summed E-state index contributed by atoms with van der Waals surface area (Å²) in [6, 6.07) is 6.80. The maximum absolute atomic E-state index is 12.5. The van der Waals surface area contributed by atoms with Crippen LogP contribution in [0.25, 0.3) is 0 Å². The molecule has 1 atom stereocenters. The minimum Gasteiger partial charge on any atom is -0.492 e. The van der Waals surface area contributed by atoms with E-state index in [0.29, 0.717) is 24.7 Å². The molecule has 3 amide bonds. The predicted octanol–water partition coefficient (Wildman–Crippen LogP) is 1.28. The maximum Gasteiger partial charge on any atom is 0.324 e. The first kappa shape index (κ1) is 18.9. The molecule has 3 rings (SSSR count). The molecule has 2 heterocycles. The van der Waals surface area contributed by atoms with Gasteiger partial charge in [0.2, 0.25) is 5.91 Å². The second-order valence-corrected chi connectivity index (χ2v) is 7.01. The van der Waals surface area contributed by atoms with Crippen LogP contribution in [0.5, 0.6) is 5.75 Å². The molecular weight excluding hydrogens is 356 g/mol. The van der Waals surface area contributed by atoms with Crippen LogP contribution in [-0.4, -0.2) is 85.1 Å². The minimum absolute atomic E-state index is 0.112. The Bertz CT molecular complexity index is 632. The summed E-state index contributed by atoms with van der Waals surface area (Å²) in [5.41, 5.74) is 0. The number of halogens is 1. The van der Waals surface area contributed by atoms with Crippen molar-refractivity contribution in [3.05, 3.63) is 29.3 Å². The molecular formula is C18H25ClN4O3. The average molecular weight is 381 g/mol. The van der Waals surface area contributed by atoms with Gasteiger partial charge in [-0.05, 0) is 31.2 Å². The fourth-order valence-electron chi connectivity index (χ4n) is 3.26. The Morgan fingerprint density at radius 3 is 2.50 bits per heavy atom. The van der Waals surface area contributed by atoms with Crippen LogP contribution in [0.3, 0.4) is 0 Å². The number of nitrogens with zero attached hydrogens (tertiary/aromatic N) is 3. The van der Waals surface area contributed by atoms with Gasteiger partial charge in [-0.15, -0.1) is 0 Å². The monoisotopic (exact) mass is 380 g/mol. The van der Waals surface area contributed by atoms with Gasteiger partial charge in [-0.3, -0.25) is 19.5 Å². The van der Waals surface area contributed by atoms with Crippen molar-refractivity contribution in [2.75, 3.05) is 52.4 Å². The second-order valence-electron chi connectivity index (χ2n) is 6.58. The molecule has 142 valence electrons. The normalized spacial score (nSPS) is 20.1. The van der Waals surface area contributed by atoms with Crippen LogP contribution in [0, 0.1) is 0 Å². The highest BCUT2D eigenvalue weighted by Gasteiger charge is 2.33. The van der Waals surface area contributed by atoms with Gasteiger partial charge in [-0.2, -0.15) is 0 Å². The molecule has 1 N–H and O–H groups in total. The standard InChI is InChI=1S/C18H25ClN4O3/c1-14(17(24)23-7-6-20-18(23)25)22-10-8-21(9-11-22)12-13-26-16-4-2-15(19)3-5-16/h2-5,14H,6-13H2,1H3,(H,20,25)/t14-/m1/s1. The number of hydrogen-bond donors (Lipinski definition) is 1. The third kappa shape index (κ3) is 4.66.